The molecule has 3 rings (SSSR count). The maximum atomic E-state index is 13.1. The van der Waals surface area contributed by atoms with Crippen LogP contribution in [-0.2, 0) is 45.5 Å². The van der Waals surface area contributed by atoms with Crippen LogP contribution in [0.1, 0.15) is 42.4 Å². The van der Waals surface area contributed by atoms with Gasteiger partial charge >= 0.3 is 5.97 Å². The summed E-state index contributed by atoms with van der Waals surface area (Å²) in [6.07, 6.45) is 2.75. The monoisotopic (exact) mass is 549 g/mol. The predicted octanol–water partition coefficient (Wildman–Crippen LogP) is 3.49. The van der Waals surface area contributed by atoms with Crippen LogP contribution < -0.4 is 9.46 Å². The zero-order chi connectivity index (χ0) is 27.0. The highest BCUT2D eigenvalue weighted by molar-refractivity contribution is 7.89. The van der Waals surface area contributed by atoms with Gasteiger partial charge in [-0.2, -0.15) is 4.72 Å². The van der Waals surface area contributed by atoms with E-state index < -0.39 is 22.0 Å². The van der Waals surface area contributed by atoms with Crippen LogP contribution in [0.5, 0.6) is 5.75 Å². The lowest BCUT2D eigenvalue weighted by molar-refractivity contribution is -0.142. The first-order chi connectivity index (χ1) is 17.7. The summed E-state index contributed by atoms with van der Waals surface area (Å²) in [5.74, 6) is 0.735. The summed E-state index contributed by atoms with van der Waals surface area (Å²) in [5, 5.41) is 10.0. The first kappa shape index (κ1) is 28.6. The van der Waals surface area contributed by atoms with E-state index in [9.17, 15) is 18.3 Å². The lowest BCUT2D eigenvalue weighted by Gasteiger charge is -2.17. The second-order valence-corrected chi connectivity index (χ2v) is 10.6. The topological polar surface area (TPSA) is 120 Å². The number of hydrogen-bond donors (Lipinski definition) is 2. The summed E-state index contributed by atoms with van der Waals surface area (Å²) < 4.78 is 40.5. The minimum absolute atomic E-state index is 0.0112. The molecule has 0 aliphatic rings. The van der Waals surface area contributed by atoms with Crippen molar-refractivity contribution in [1.82, 2.24) is 14.3 Å². The number of unbranched alkanes of at least 4 members (excludes halogenated alkanes) is 1. The van der Waals surface area contributed by atoms with Gasteiger partial charge in [0.05, 0.1) is 31.4 Å². The average Bonchev–Trinajstić information content (AvgIpc) is 3.20. The molecule has 0 amide bonds. The van der Waals surface area contributed by atoms with Crippen molar-refractivity contribution >= 4 is 27.6 Å². The summed E-state index contributed by atoms with van der Waals surface area (Å²) in [6, 6.07) is 12.2. The Morgan fingerprint density at radius 3 is 2.32 bits per heavy atom. The molecule has 2 N–H and O–H groups in total. The van der Waals surface area contributed by atoms with Gasteiger partial charge in [-0.15, -0.1) is 0 Å². The fourth-order valence-electron chi connectivity index (χ4n) is 3.89. The molecule has 200 valence electrons. The van der Waals surface area contributed by atoms with Gasteiger partial charge in [0.15, 0.2) is 5.15 Å². The maximum Gasteiger partial charge on any atom is 0.324 e. The number of ether oxygens (including phenoxy) is 2. The van der Waals surface area contributed by atoms with Crippen LogP contribution in [0.3, 0.4) is 0 Å². The Labute approximate surface area is 222 Å². The molecule has 0 saturated heterocycles. The van der Waals surface area contributed by atoms with E-state index in [4.69, 9.17) is 21.1 Å². The number of carbonyl (C=O) groups excluding carboxylic acids is 1. The van der Waals surface area contributed by atoms with E-state index in [0.29, 0.717) is 18.0 Å². The van der Waals surface area contributed by atoms with Gasteiger partial charge in [0.1, 0.15) is 17.6 Å². The van der Waals surface area contributed by atoms with Crippen LogP contribution in [0.4, 0.5) is 0 Å². The van der Waals surface area contributed by atoms with Gasteiger partial charge in [0.25, 0.3) is 0 Å². The number of esters is 1. The van der Waals surface area contributed by atoms with Crippen molar-refractivity contribution in [3.05, 3.63) is 76.3 Å². The third-order valence-electron chi connectivity index (χ3n) is 5.96. The molecule has 0 spiro atoms. The molecule has 3 aromatic rings. The number of halogens is 1. The van der Waals surface area contributed by atoms with Gasteiger partial charge in [0, 0.05) is 13.0 Å². The summed E-state index contributed by atoms with van der Waals surface area (Å²) in [7, 11) is -1.26. The van der Waals surface area contributed by atoms with Crippen LogP contribution in [0.15, 0.2) is 53.4 Å². The van der Waals surface area contributed by atoms with Crippen molar-refractivity contribution in [2.45, 2.75) is 56.7 Å². The van der Waals surface area contributed by atoms with Gasteiger partial charge in [-0.1, -0.05) is 49.2 Å². The number of sulfonamides is 1. The Kier molecular flexibility index (Phi) is 10.1. The van der Waals surface area contributed by atoms with Crippen LogP contribution in [-0.4, -0.2) is 49.3 Å². The molecule has 1 heterocycles. The molecule has 0 aliphatic carbocycles. The zero-order valence-electron chi connectivity index (χ0n) is 21.1. The smallest absolute Gasteiger partial charge is 0.324 e. The van der Waals surface area contributed by atoms with Crippen LogP contribution in [0.25, 0.3) is 0 Å². The number of aromatic nitrogens is 2. The minimum Gasteiger partial charge on any atom is -0.497 e. The second kappa shape index (κ2) is 13.0. The van der Waals surface area contributed by atoms with E-state index in [-0.39, 0.29) is 23.1 Å². The SMILES string of the molecule is CCCCc1nc(Cl)c(CO)n1Cc1ccc(S(=O)(=O)N[C@H](Cc2ccc(OC)cc2)C(=O)OC)cc1. The molecule has 0 saturated carbocycles. The number of carbonyl (C=O) groups is 1. The molecule has 0 bridgehead atoms. The molecule has 0 radical (unpaired) electrons. The number of aliphatic hydroxyl groups excluding tert-OH is 1. The second-order valence-electron chi connectivity index (χ2n) is 8.51. The summed E-state index contributed by atoms with van der Waals surface area (Å²) >= 11 is 6.22. The van der Waals surface area contributed by atoms with Crippen LogP contribution in [0.2, 0.25) is 5.15 Å². The largest absolute Gasteiger partial charge is 0.497 e. The fourth-order valence-corrected chi connectivity index (χ4v) is 5.34. The molecule has 9 nitrogen and oxygen atoms in total. The molecule has 1 aromatic heterocycles. The van der Waals surface area contributed by atoms with Crippen molar-refractivity contribution in [3.63, 3.8) is 0 Å². The number of imidazole rings is 1. The molecule has 0 unspecified atom stereocenters. The molecular formula is C26H32ClN3O6S. The van der Waals surface area contributed by atoms with Gasteiger partial charge in [-0.3, -0.25) is 4.79 Å². The van der Waals surface area contributed by atoms with Gasteiger partial charge in [0.2, 0.25) is 10.0 Å². The number of nitrogens with one attached hydrogen (secondary N) is 1. The molecule has 0 aliphatic heterocycles. The van der Waals surface area contributed by atoms with E-state index in [1.807, 2.05) is 4.57 Å². The highest BCUT2D eigenvalue weighted by Gasteiger charge is 2.27. The number of nitrogens with zero attached hydrogens (tertiary/aromatic N) is 2. The van der Waals surface area contributed by atoms with E-state index in [1.165, 1.54) is 19.2 Å². The number of aryl methyl sites for hydroxylation is 1. The van der Waals surface area contributed by atoms with Crippen molar-refractivity contribution in [2.75, 3.05) is 14.2 Å². The van der Waals surface area contributed by atoms with Crippen LogP contribution in [0, 0.1) is 0 Å². The number of benzene rings is 2. The molecular weight excluding hydrogens is 518 g/mol. The lowest BCUT2D eigenvalue weighted by Crippen LogP contribution is -2.42. The third kappa shape index (κ3) is 7.32. The van der Waals surface area contributed by atoms with Crippen molar-refractivity contribution in [3.8, 4) is 5.75 Å². The van der Waals surface area contributed by atoms with E-state index in [2.05, 4.69) is 16.6 Å². The summed E-state index contributed by atoms with van der Waals surface area (Å²) in [6.45, 7) is 2.21. The minimum atomic E-state index is -4.02. The average molecular weight is 550 g/mol. The van der Waals surface area contributed by atoms with E-state index in [0.717, 1.165) is 36.2 Å². The molecule has 37 heavy (non-hydrogen) atoms. The van der Waals surface area contributed by atoms with Crippen molar-refractivity contribution in [2.24, 2.45) is 0 Å². The number of rotatable bonds is 13. The van der Waals surface area contributed by atoms with Crippen LogP contribution >= 0.6 is 11.6 Å². The summed E-state index contributed by atoms with van der Waals surface area (Å²) in [5.41, 5.74) is 2.07. The van der Waals surface area contributed by atoms with Crippen molar-refractivity contribution in [1.29, 1.82) is 0 Å². The van der Waals surface area contributed by atoms with Crippen molar-refractivity contribution < 1.29 is 27.8 Å². The van der Waals surface area contributed by atoms with Gasteiger partial charge < -0.3 is 19.1 Å². The molecule has 0 fully saturated rings. The number of hydrogen-bond acceptors (Lipinski definition) is 7. The predicted molar refractivity (Wildman–Crippen MR) is 140 cm³/mol. The first-order valence-corrected chi connectivity index (χ1v) is 13.7. The Bertz CT molecular complexity index is 1290. The Morgan fingerprint density at radius 1 is 1.11 bits per heavy atom. The first-order valence-electron chi connectivity index (χ1n) is 11.9. The highest BCUT2D eigenvalue weighted by atomic mass is 35.5. The van der Waals surface area contributed by atoms with E-state index >= 15 is 0 Å². The molecule has 1 atom stereocenters. The number of methoxy groups -OCH3 is 2. The quantitative estimate of drug-likeness (QED) is 0.313. The highest BCUT2D eigenvalue weighted by Crippen LogP contribution is 2.22. The number of aliphatic hydroxyl groups is 1. The van der Waals surface area contributed by atoms with Gasteiger partial charge in [-0.25, -0.2) is 13.4 Å². The third-order valence-corrected chi connectivity index (χ3v) is 7.75. The Morgan fingerprint density at radius 2 is 1.76 bits per heavy atom. The summed E-state index contributed by atoms with van der Waals surface area (Å²) in [4.78, 5) is 16.8. The lowest BCUT2D eigenvalue weighted by atomic mass is 10.1. The zero-order valence-corrected chi connectivity index (χ0v) is 22.7. The maximum absolute atomic E-state index is 13.1. The standard InChI is InChI=1S/C26H32ClN3O6S/c1-4-5-6-24-28-25(27)23(17-31)30(24)16-19-9-13-21(14-10-19)37(33,34)29-22(26(32)36-3)15-18-7-11-20(35-2)12-8-18/h7-14,22,29,31H,4-6,15-17H2,1-3H3/t22-/m1/s1. The van der Waals surface area contributed by atoms with Gasteiger partial charge in [-0.05, 0) is 48.2 Å². The Hall–Kier alpha value is -2.92. The van der Waals surface area contributed by atoms with E-state index in [1.54, 1.807) is 43.5 Å². The molecule has 2 aromatic carbocycles. The fraction of sp³-hybridized carbons (Fsp3) is 0.385. The molecule has 11 heteroatoms. The Balaban J connectivity index is 1.78. The normalized spacial score (nSPS) is 12.4.